The summed E-state index contributed by atoms with van der Waals surface area (Å²) in [5.41, 5.74) is 5.21. The highest BCUT2D eigenvalue weighted by atomic mass is 79.9. The summed E-state index contributed by atoms with van der Waals surface area (Å²) in [4.78, 5) is 16.5. The van der Waals surface area contributed by atoms with Gasteiger partial charge in [-0.15, -0.1) is 28.3 Å². The lowest BCUT2D eigenvalue weighted by Crippen LogP contribution is -2.48. The molecule has 2 heterocycles. The third-order valence-corrected chi connectivity index (χ3v) is 5.79. The first-order chi connectivity index (χ1) is 14.0. The maximum atomic E-state index is 11.0. The molecule has 0 radical (unpaired) electrons. The molecule has 0 saturated carbocycles. The van der Waals surface area contributed by atoms with Gasteiger partial charge in [-0.3, -0.25) is 10.1 Å². The van der Waals surface area contributed by atoms with Crippen LogP contribution < -0.4 is 9.81 Å². The van der Waals surface area contributed by atoms with Crippen LogP contribution in [0.4, 0.5) is 11.4 Å². The average Bonchev–Trinajstić information content (AvgIpc) is 3.15. The predicted molar refractivity (Wildman–Crippen MR) is 125 cm³/mol. The van der Waals surface area contributed by atoms with Gasteiger partial charge in [0.2, 0.25) is 4.80 Å². The number of morpholine rings is 1. The average molecular weight is 491 g/mol. The molecule has 158 valence electrons. The number of non-ortho nitro benzene ring substituents is 1. The molecule has 7 nitrogen and oxygen atoms in total. The van der Waals surface area contributed by atoms with Crippen LogP contribution in [0.2, 0.25) is 0 Å². The number of aryl methyl sites for hydroxylation is 2. The van der Waals surface area contributed by atoms with Crippen LogP contribution in [-0.4, -0.2) is 35.9 Å². The van der Waals surface area contributed by atoms with Crippen LogP contribution in [0.5, 0.6) is 0 Å². The summed E-state index contributed by atoms with van der Waals surface area (Å²) in [7, 11) is 0. The van der Waals surface area contributed by atoms with Crippen molar-refractivity contribution >= 4 is 39.7 Å². The van der Waals surface area contributed by atoms with E-state index in [1.54, 1.807) is 35.6 Å². The van der Waals surface area contributed by atoms with Crippen molar-refractivity contribution < 1.29 is 9.66 Å². The number of nitrogens with zero attached hydrogens (tertiary/aromatic N) is 4. The second-order valence-corrected chi connectivity index (χ2v) is 7.77. The van der Waals surface area contributed by atoms with Crippen molar-refractivity contribution in [2.24, 2.45) is 4.99 Å². The van der Waals surface area contributed by atoms with Gasteiger partial charge in [-0.1, -0.05) is 18.2 Å². The van der Waals surface area contributed by atoms with Crippen LogP contribution in [0.15, 0.2) is 52.8 Å². The third kappa shape index (κ3) is 4.48. The fourth-order valence-electron chi connectivity index (χ4n) is 3.43. The van der Waals surface area contributed by atoms with Gasteiger partial charge in [0.25, 0.3) is 5.69 Å². The highest BCUT2D eigenvalue weighted by Crippen LogP contribution is 2.26. The van der Waals surface area contributed by atoms with Gasteiger partial charge in [0, 0.05) is 23.1 Å². The van der Waals surface area contributed by atoms with Crippen LogP contribution in [0.25, 0.3) is 11.3 Å². The lowest BCUT2D eigenvalue weighted by molar-refractivity contribution is -0.384. The van der Waals surface area contributed by atoms with E-state index in [0.717, 1.165) is 46.0 Å². The van der Waals surface area contributed by atoms with E-state index in [1.807, 2.05) is 6.07 Å². The summed E-state index contributed by atoms with van der Waals surface area (Å²) < 4.78 is 7.65. The molecule has 1 aliphatic rings. The van der Waals surface area contributed by atoms with E-state index in [-0.39, 0.29) is 27.6 Å². The molecular weight excluding hydrogens is 468 g/mol. The Morgan fingerprint density at radius 1 is 1.07 bits per heavy atom. The zero-order chi connectivity index (χ0) is 20.4. The summed E-state index contributed by atoms with van der Waals surface area (Å²) in [5.74, 6) is 0. The van der Waals surface area contributed by atoms with Gasteiger partial charge in [0.1, 0.15) is 0 Å². The number of halogens is 1. The van der Waals surface area contributed by atoms with Crippen molar-refractivity contribution in [3.8, 4) is 11.3 Å². The molecule has 0 amide bonds. The van der Waals surface area contributed by atoms with Crippen LogP contribution in [0, 0.1) is 24.0 Å². The Hall–Kier alpha value is -2.49. The lowest BCUT2D eigenvalue weighted by atomic mass is 10.1. The lowest BCUT2D eigenvalue weighted by Gasteiger charge is -2.31. The van der Waals surface area contributed by atoms with Gasteiger partial charge in [-0.2, -0.15) is 0 Å². The number of para-hydroxylation sites is 1. The molecule has 2 aromatic carbocycles. The van der Waals surface area contributed by atoms with Crippen molar-refractivity contribution in [2.45, 2.75) is 13.8 Å². The fraction of sp³-hybridized carbons (Fsp3) is 0.286. The number of thiazole rings is 1. The standard InChI is InChI=1S/C21H22N4O3S.BrH/c1-15-4-3-5-16(2)20(15)22-21-24(23-10-12-28-13-11-23)19(14-29-21)17-6-8-18(9-7-17)25(26)27;/h3-9,14H,10-13H2,1-2H3;1H. The van der Waals surface area contributed by atoms with Crippen LogP contribution in [0.3, 0.4) is 0 Å². The number of aromatic nitrogens is 1. The predicted octanol–water partition coefficient (Wildman–Crippen LogP) is 4.52. The molecular formula is C21H23BrN4O3S. The van der Waals surface area contributed by atoms with Crippen molar-refractivity contribution in [2.75, 3.05) is 31.3 Å². The van der Waals surface area contributed by atoms with E-state index < -0.39 is 0 Å². The molecule has 1 aromatic heterocycles. The number of nitro benzene ring substituents is 1. The summed E-state index contributed by atoms with van der Waals surface area (Å²) in [6.45, 7) is 6.97. The molecule has 1 fully saturated rings. The SMILES string of the molecule is Br.Cc1cccc(C)c1N=c1scc(-c2ccc([N+](=O)[O-])cc2)n1N1CCOCC1. The Kier molecular flexibility index (Phi) is 7.06. The minimum Gasteiger partial charge on any atom is -0.378 e. The molecule has 0 bridgehead atoms. The second-order valence-electron chi connectivity index (χ2n) is 6.94. The molecule has 0 atom stereocenters. The Bertz CT molecular complexity index is 1080. The molecule has 1 saturated heterocycles. The van der Waals surface area contributed by atoms with Crippen molar-refractivity contribution in [3.05, 3.63) is 73.9 Å². The van der Waals surface area contributed by atoms with E-state index in [1.165, 1.54) is 0 Å². The highest BCUT2D eigenvalue weighted by Gasteiger charge is 2.18. The van der Waals surface area contributed by atoms with Gasteiger partial charge in [0.15, 0.2) is 0 Å². The van der Waals surface area contributed by atoms with Crippen LogP contribution in [-0.2, 0) is 4.74 Å². The topological polar surface area (TPSA) is 72.9 Å². The van der Waals surface area contributed by atoms with Gasteiger partial charge in [0.05, 0.1) is 42.6 Å². The first-order valence-corrected chi connectivity index (χ1v) is 10.3. The minimum atomic E-state index is -0.380. The number of benzene rings is 2. The van der Waals surface area contributed by atoms with Gasteiger partial charge in [-0.05, 0) is 37.1 Å². The van der Waals surface area contributed by atoms with E-state index in [0.29, 0.717) is 13.2 Å². The van der Waals surface area contributed by atoms with Crippen LogP contribution in [0.1, 0.15) is 11.1 Å². The molecule has 4 rings (SSSR count). The number of hydrogen-bond acceptors (Lipinski definition) is 6. The largest absolute Gasteiger partial charge is 0.378 e. The maximum Gasteiger partial charge on any atom is 0.269 e. The normalized spacial score (nSPS) is 14.5. The van der Waals surface area contributed by atoms with E-state index >= 15 is 0 Å². The molecule has 0 N–H and O–H groups in total. The molecule has 0 aliphatic carbocycles. The third-order valence-electron chi connectivity index (χ3n) is 4.98. The second kappa shape index (κ2) is 9.55. The van der Waals surface area contributed by atoms with E-state index in [2.05, 4.69) is 41.0 Å². The van der Waals surface area contributed by atoms with Crippen LogP contribution >= 0.6 is 28.3 Å². The summed E-state index contributed by atoms with van der Waals surface area (Å²) >= 11 is 1.57. The number of hydrogen-bond donors (Lipinski definition) is 0. The zero-order valence-electron chi connectivity index (χ0n) is 16.8. The minimum absolute atomic E-state index is 0. The van der Waals surface area contributed by atoms with Crippen molar-refractivity contribution in [3.63, 3.8) is 0 Å². The highest BCUT2D eigenvalue weighted by molar-refractivity contribution is 8.93. The van der Waals surface area contributed by atoms with E-state index in [9.17, 15) is 10.1 Å². The van der Waals surface area contributed by atoms with Gasteiger partial charge >= 0.3 is 0 Å². The van der Waals surface area contributed by atoms with Crippen molar-refractivity contribution in [1.82, 2.24) is 4.68 Å². The number of rotatable bonds is 4. The molecule has 9 heteroatoms. The maximum absolute atomic E-state index is 11.0. The molecule has 3 aromatic rings. The smallest absolute Gasteiger partial charge is 0.269 e. The van der Waals surface area contributed by atoms with E-state index in [4.69, 9.17) is 9.73 Å². The first kappa shape index (κ1) is 22.2. The number of ether oxygens (including phenoxy) is 1. The fourth-order valence-corrected chi connectivity index (χ4v) is 4.34. The monoisotopic (exact) mass is 490 g/mol. The number of nitro groups is 1. The Balaban J connectivity index is 0.00000256. The Labute approximate surface area is 189 Å². The summed E-state index contributed by atoms with van der Waals surface area (Å²) in [6, 6.07) is 12.8. The Morgan fingerprint density at radius 2 is 1.70 bits per heavy atom. The molecule has 0 unspecified atom stereocenters. The molecule has 0 spiro atoms. The Morgan fingerprint density at radius 3 is 2.30 bits per heavy atom. The molecule has 1 aliphatic heterocycles. The first-order valence-electron chi connectivity index (χ1n) is 9.44. The summed E-state index contributed by atoms with van der Waals surface area (Å²) in [5, 5.41) is 15.3. The van der Waals surface area contributed by atoms with Crippen molar-refractivity contribution in [1.29, 1.82) is 0 Å². The summed E-state index contributed by atoms with van der Waals surface area (Å²) in [6.07, 6.45) is 0. The van der Waals surface area contributed by atoms with Gasteiger partial charge in [-0.25, -0.2) is 9.67 Å². The zero-order valence-corrected chi connectivity index (χ0v) is 19.3. The molecule has 30 heavy (non-hydrogen) atoms. The van der Waals surface area contributed by atoms with Gasteiger partial charge < -0.3 is 9.75 Å². The quantitative estimate of drug-likeness (QED) is 0.398.